The molecule has 2 unspecified atom stereocenters. The van der Waals surface area contributed by atoms with E-state index in [1.807, 2.05) is 0 Å². The van der Waals surface area contributed by atoms with Crippen LogP contribution in [0.25, 0.3) is 0 Å². The van der Waals surface area contributed by atoms with Gasteiger partial charge in [0.15, 0.2) is 6.10 Å². The number of unbranched alkanes of at least 4 members (excludes halogenated alkanes) is 8. The van der Waals surface area contributed by atoms with Crippen molar-refractivity contribution in [1.29, 1.82) is 0 Å². The third kappa shape index (κ3) is 35.9. The molecule has 55 heavy (non-hydrogen) atoms. The summed E-state index contributed by atoms with van der Waals surface area (Å²) in [6.07, 6.45) is 47.6. The predicted octanol–water partition coefficient (Wildman–Crippen LogP) is 10.0. The maximum atomic E-state index is 12.7. The largest absolute Gasteiger partial charge is 0.544 e. The molecule has 0 spiro atoms. The number of quaternary nitrogens is 1. The van der Waals surface area contributed by atoms with Crippen molar-refractivity contribution in [2.24, 2.45) is 0 Å². The lowest BCUT2D eigenvalue weighted by atomic mass is 10.1. The van der Waals surface area contributed by atoms with E-state index in [-0.39, 0.29) is 55.5 Å². The Morgan fingerprint density at radius 3 is 1.55 bits per heavy atom. The lowest BCUT2D eigenvalue weighted by molar-refractivity contribution is -0.889. The normalized spacial score (nSPS) is 13.8. The zero-order chi connectivity index (χ0) is 40.7. The van der Waals surface area contributed by atoms with Crippen molar-refractivity contribution in [3.63, 3.8) is 0 Å². The molecule has 312 valence electrons. The van der Waals surface area contributed by atoms with E-state index >= 15 is 0 Å². The van der Waals surface area contributed by atoms with Crippen molar-refractivity contribution in [2.75, 3.05) is 41.0 Å². The number of carboxylic acid groups (broad SMARTS) is 1. The Balaban J connectivity index is 4.52. The molecule has 2 atom stereocenters. The quantitative estimate of drug-likeness (QED) is 0.0271. The molecule has 0 heterocycles. The van der Waals surface area contributed by atoms with Crippen LogP contribution in [0.15, 0.2) is 85.1 Å². The summed E-state index contributed by atoms with van der Waals surface area (Å²) >= 11 is 0. The molecular formula is C47H77NO7. The Morgan fingerprint density at radius 1 is 0.564 bits per heavy atom. The minimum absolute atomic E-state index is 0.00904. The van der Waals surface area contributed by atoms with E-state index in [9.17, 15) is 19.5 Å². The average Bonchev–Trinajstić information content (AvgIpc) is 3.14. The highest BCUT2D eigenvalue weighted by molar-refractivity contribution is 5.70. The first kappa shape index (κ1) is 51.5. The number of ether oxygens (including phenoxy) is 3. The van der Waals surface area contributed by atoms with Gasteiger partial charge in [0.1, 0.15) is 12.6 Å². The molecule has 8 heteroatoms. The van der Waals surface area contributed by atoms with Crippen molar-refractivity contribution in [3.8, 4) is 0 Å². The van der Waals surface area contributed by atoms with E-state index in [0.29, 0.717) is 6.42 Å². The number of carbonyl (C=O) groups is 3. The Labute approximate surface area is 335 Å². The van der Waals surface area contributed by atoms with Gasteiger partial charge >= 0.3 is 11.9 Å². The number of rotatable bonds is 36. The Hall–Kier alpha value is -3.49. The topological polar surface area (TPSA) is 102 Å². The van der Waals surface area contributed by atoms with Crippen LogP contribution >= 0.6 is 0 Å². The number of carboxylic acids is 1. The first-order chi connectivity index (χ1) is 26.6. The summed E-state index contributed by atoms with van der Waals surface area (Å²) in [4.78, 5) is 36.8. The fourth-order valence-electron chi connectivity index (χ4n) is 5.49. The van der Waals surface area contributed by atoms with E-state index in [1.54, 1.807) is 21.1 Å². The molecule has 0 aromatic heterocycles. The van der Waals surface area contributed by atoms with Crippen molar-refractivity contribution >= 4 is 17.9 Å². The summed E-state index contributed by atoms with van der Waals surface area (Å²) < 4.78 is 17.0. The van der Waals surface area contributed by atoms with Gasteiger partial charge in [0.05, 0.1) is 40.3 Å². The SMILES string of the molecule is CC/C=C/C/C=C/C/C=C/CCCCCCC(=O)OC(COCCC(C(=O)[O-])[N+](C)(C)C)COC(=O)CCC/C=C/C/C=C/C/C=C/C/C=C/CCCCC. The minimum atomic E-state index is -1.14. The molecule has 0 fully saturated rings. The molecule has 0 aliphatic heterocycles. The maximum absolute atomic E-state index is 12.7. The zero-order valence-corrected chi connectivity index (χ0v) is 35.3. The van der Waals surface area contributed by atoms with Crippen molar-refractivity contribution in [1.82, 2.24) is 0 Å². The van der Waals surface area contributed by atoms with Crippen LogP contribution in [-0.2, 0) is 28.6 Å². The summed E-state index contributed by atoms with van der Waals surface area (Å²) in [5.74, 6) is -1.85. The number of nitrogens with zero attached hydrogens (tertiary/aromatic N) is 1. The molecule has 8 nitrogen and oxygen atoms in total. The predicted molar refractivity (Wildman–Crippen MR) is 226 cm³/mol. The fourth-order valence-corrected chi connectivity index (χ4v) is 5.49. The lowest BCUT2D eigenvalue weighted by Gasteiger charge is -2.34. The van der Waals surface area contributed by atoms with Gasteiger partial charge in [-0.1, -0.05) is 125 Å². The zero-order valence-electron chi connectivity index (χ0n) is 35.3. The monoisotopic (exact) mass is 768 g/mol. The first-order valence-corrected chi connectivity index (χ1v) is 21.1. The molecule has 0 bridgehead atoms. The molecule has 0 saturated carbocycles. The van der Waals surface area contributed by atoms with Crippen LogP contribution in [0, 0.1) is 0 Å². The van der Waals surface area contributed by atoms with E-state index in [1.165, 1.54) is 25.7 Å². The summed E-state index contributed by atoms with van der Waals surface area (Å²) in [7, 11) is 5.37. The molecular weight excluding hydrogens is 691 g/mol. The second-order valence-corrected chi connectivity index (χ2v) is 14.8. The van der Waals surface area contributed by atoms with Crippen LogP contribution in [-0.4, -0.2) is 75.5 Å². The second kappa shape index (κ2) is 37.4. The minimum Gasteiger partial charge on any atom is -0.544 e. The summed E-state index contributed by atoms with van der Waals surface area (Å²) in [6, 6.07) is -0.742. The van der Waals surface area contributed by atoms with Crippen LogP contribution in [0.5, 0.6) is 0 Å². The van der Waals surface area contributed by atoms with Gasteiger partial charge in [-0.3, -0.25) is 9.59 Å². The van der Waals surface area contributed by atoms with Gasteiger partial charge in [0.2, 0.25) is 0 Å². The summed E-state index contributed by atoms with van der Waals surface area (Å²) in [6.45, 7) is 4.41. The van der Waals surface area contributed by atoms with E-state index in [4.69, 9.17) is 14.2 Å². The molecule has 0 aliphatic rings. The van der Waals surface area contributed by atoms with Crippen LogP contribution < -0.4 is 5.11 Å². The van der Waals surface area contributed by atoms with Gasteiger partial charge in [0.25, 0.3) is 0 Å². The van der Waals surface area contributed by atoms with E-state index < -0.39 is 18.1 Å². The van der Waals surface area contributed by atoms with Crippen molar-refractivity contribution in [2.45, 2.75) is 154 Å². The average molecular weight is 768 g/mol. The number of carbonyl (C=O) groups excluding carboxylic acids is 3. The number of esters is 2. The molecule has 0 aromatic rings. The van der Waals surface area contributed by atoms with Gasteiger partial charge in [-0.15, -0.1) is 0 Å². The van der Waals surface area contributed by atoms with Gasteiger partial charge in [-0.05, 0) is 83.5 Å². The molecule has 0 amide bonds. The second-order valence-electron chi connectivity index (χ2n) is 14.8. The summed E-state index contributed by atoms with van der Waals surface area (Å²) in [5.41, 5.74) is 0. The molecule has 0 N–H and O–H groups in total. The van der Waals surface area contributed by atoms with Crippen LogP contribution in [0.3, 0.4) is 0 Å². The maximum Gasteiger partial charge on any atom is 0.306 e. The van der Waals surface area contributed by atoms with Crippen LogP contribution in [0.1, 0.15) is 142 Å². The third-order valence-corrected chi connectivity index (χ3v) is 8.77. The summed E-state index contributed by atoms with van der Waals surface area (Å²) in [5, 5.41) is 11.6. The van der Waals surface area contributed by atoms with Crippen molar-refractivity contribution < 1.29 is 38.2 Å². The number of hydrogen-bond donors (Lipinski definition) is 0. The third-order valence-electron chi connectivity index (χ3n) is 8.77. The van der Waals surface area contributed by atoms with Crippen LogP contribution in [0.4, 0.5) is 0 Å². The Morgan fingerprint density at radius 2 is 1.04 bits per heavy atom. The van der Waals surface area contributed by atoms with Gasteiger partial charge in [-0.25, -0.2) is 0 Å². The fraction of sp³-hybridized carbons (Fsp3) is 0.638. The number of aliphatic carboxylic acids is 1. The van der Waals surface area contributed by atoms with Crippen molar-refractivity contribution in [3.05, 3.63) is 85.1 Å². The van der Waals surface area contributed by atoms with Gasteiger partial charge in [-0.2, -0.15) is 0 Å². The smallest absolute Gasteiger partial charge is 0.306 e. The molecule has 0 aromatic carbocycles. The first-order valence-electron chi connectivity index (χ1n) is 21.1. The Kier molecular flexibility index (Phi) is 35.1. The molecule has 0 saturated heterocycles. The Bertz CT molecular complexity index is 1170. The van der Waals surface area contributed by atoms with Gasteiger partial charge in [0, 0.05) is 19.3 Å². The highest BCUT2D eigenvalue weighted by atomic mass is 16.6. The number of allylic oxidation sites excluding steroid dienone is 14. The number of likely N-dealkylation sites (N-methyl/N-ethyl adjacent to an activating group) is 1. The van der Waals surface area contributed by atoms with Crippen LogP contribution in [0.2, 0.25) is 0 Å². The lowest BCUT2D eigenvalue weighted by Crippen LogP contribution is -2.55. The highest BCUT2D eigenvalue weighted by Crippen LogP contribution is 2.11. The molecule has 0 aliphatic carbocycles. The number of hydrogen-bond acceptors (Lipinski definition) is 7. The molecule has 0 rings (SSSR count). The van der Waals surface area contributed by atoms with E-state index in [2.05, 4.69) is 98.9 Å². The standard InChI is InChI=1S/C47H77NO7/c1-6-8-10-12-14-16-18-20-22-23-24-26-27-29-31-33-35-37-45(49)54-42-43(41-53-40-39-44(47(51)52)48(3,4)5)55-46(50)38-36-34-32-30-28-25-21-19-17-15-13-11-9-7-2/h9,11,14-17,20-22,24-26,29,31,43-44H,6-8,10,12-13,18-19,23,27-28,30,32-42H2,1-5H3/b11-9+,16-14+,17-15+,22-20+,25-21+,26-24+,31-29+. The van der Waals surface area contributed by atoms with Gasteiger partial charge < -0.3 is 28.6 Å². The molecule has 0 radical (unpaired) electrons. The van der Waals surface area contributed by atoms with E-state index in [0.717, 1.165) is 77.0 Å². The highest BCUT2D eigenvalue weighted by Gasteiger charge is 2.25.